The second-order valence-electron chi connectivity index (χ2n) is 7.19. The molecule has 0 aliphatic carbocycles. The number of benzene rings is 2. The highest BCUT2D eigenvalue weighted by Crippen LogP contribution is 2.30. The van der Waals surface area contributed by atoms with E-state index in [2.05, 4.69) is 10.3 Å². The summed E-state index contributed by atoms with van der Waals surface area (Å²) in [4.78, 5) is 31.4. The lowest BCUT2D eigenvalue weighted by Gasteiger charge is -2.30. The molecule has 6 nitrogen and oxygen atoms in total. The summed E-state index contributed by atoms with van der Waals surface area (Å²) in [5.41, 5.74) is 1.83. The Kier molecular flexibility index (Phi) is 6.09. The average molecular weight is 422 g/mol. The van der Waals surface area contributed by atoms with Crippen LogP contribution in [0.2, 0.25) is 0 Å². The Morgan fingerprint density at radius 3 is 2.67 bits per heavy atom. The van der Waals surface area contributed by atoms with E-state index in [9.17, 15) is 9.59 Å². The van der Waals surface area contributed by atoms with Crippen molar-refractivity contribution in [2.24, 2.45) is 5.92 Å². The maximum atomic E-state index is 12.7. The maximum absolute atomic E-state index is 12.7. The summed E-state index contributed by atoms with van der Waals surface area (Å²) in [5, 5.41) is 3.53. The van der Waals surface area contributed by atoms with Gasteiger partial charge in [0.2, 0.25) is 11.8 Å². The largest absolute Gasteiger partial charge is 0.497 e. The van der Waals surface area contributed by atoms with Gasteiger partial charge in [-0.2, -0.15) is 0 Å². The molecule has 1 aromatic heterocycles. The molecule has 2 aromatic carbocycles. The van der Waals surface area contributed by atoms with Crippen molar-refractivity contribution in [3.05, 3.63) is 60.2 Å². The first kappa shape index (κ1) is 20.1. The molecule has 0 atom stereocenters. The van der Waals surface area contributed by atoms with Crippen LogP contribution in [0.4, 0.5) is 5.13 Å². The summed E-state index contributed by atoms with van der Waals surface area (Å²) in [6.45, 7) is 1.15. The molecule has 30 heavy (non-hydrogen) atoms. The number of piperidine rings is 1. The molecule has 1 aliphatic rings. The molecule has 0 unspecified atom stereocenters. The molecule has 1 aliphatic heterocycles. The van der Waals surface area contributed by atoms with E-state index in [-0.39, 0.29) is 17.7 Å². The van der Waals surface area contributed by atoms with E-state index < -0.39 is 0 Å². The molecule has 3 aromatic rings. The highest BCUT2D eigenvalue weighted by Gasteiger charge is 2.27. The van der Waals surface area contributed by atoms with Gasteiger partial charge in [0.1, 0.15) is 5.75 Å². The minimum atomic E-state index is -0.117. The highest BCUT2D eigenvalue weighted by molar-refractivity contribution is 7.22. The summed E-state index contributed by atoms with van der Waals surface area (Å²) in [6, 6.07) is 15.4. The first-order chi connectivity index (χ1) is 14.6. The van der Waals surface area contributed by atoms with Gasteiger partial charge in [0.05, 0.1) is 17.3 Å². The van der Waals surface area contributed by atoms with E-state index in [4.69, 9.17) is 4.74 Å². The van der Waals surface area contributed by atoms with Gasteiger partial charge < -0.3 is 15.0 Å². The first-order valence-electron chi connectivity index (χ1n) is 9.90. The third-order valence-electron chi connectivity index (χ3n) is 5.22. The summed E-state index contributed by atoms with van der Waals surface area (Å²) in [6.07, 6.45) is 4.72. The van der Waals surface area contributed by atoms with Crippen molar-refractivity contribution in [3.8, 4) is 5.75 Å². The third kappa shape index (κ3) is 4.68. The van der Waals surface area contributed by atoms with E-state index in [1.54, 1.807) is 18.1 Å². The van der Waals surface area contributed by atoms with Gasteiger partial charge in [0.15, 0.2) is 5.13 Å². The lowest BCUT2D eigenvalue weighted by atomic mass is 9.96. The second kappa shape index (κ2) is 9.09. The monoisotopic (exact) mass is 421 g/mol. The summed E-state index contributed by atoms with van der Waals surface area (Å²) in [5.74, 6) is 0.599. The van der Waals surface area contributed by atoms with Gasteiger partial charge in [0.25, 0.3) is 0 Å². The molecule has 1 N–H and O–H groups in total. The number of methoxy groups -OCH3 is 1. The SMILES string of the molecule is COc1ccc2nc(NC(=O)C3CCN(C(=O)/C=C/c4ccccc4)CC3)sc2c1. The fourth-order valence-electron chi connectivity index (χ4n) is 3.49. The van der Waals surface area contributed by atoms with Gasteiger partial charge in [-0.15, -0.1) is 0 Å². The molecule has 2 amide bonds. The highest BCUT2D eigenvalue weighted by atomic mass is 32.1. The topological polar surface area (TPSA) is 71.5 Å². The fourth-order valence-corrected chi connectivity index (χ4v) is 4.39. The molecule has 154 valence electrons. The number of nitrogens with zero attached hydrogens (tertiary/aromatic N) is 2. The number of carbonyl (C=O) groups excluding carboxylic acids is 2. The number of fused-ring (bicyclic) bond motifs is 1. The van der Waals surface area contributed by atoms with E-state index >= 15 is 0 Å². The van der Waals surface area contributed by atoms with Crippen molar-refractivity contribution in [2.75, 3.05) is 25.5 Å². The molecule has 0 spiro atoms. The second-order valence-corrected chi connectivity index (χ2v) is 8.22. The number of hydrogen-bond acceptors (Lipinski definition) is 5. The molecule has 0 bridgehead atoms. The fraction of sp³-hybridized carbons (Fsp3) is 0.261. The van der Waals surface area contributed by atoms with Crippen LogP contribution in [0.15, 0.2) is 54.6 Å². The van der Waals surface area contributed by atoms with E-state index in [1.165, 1.54) is 11.3 Å². The Morgan fingerprint density at radius 1 is 1.17 bits per heavy atom. The van der Waals surface area contributed by atoms with Gasteiger partial charge in [-0.25, -0.2) is 4.98 Å². The van der Waals surface area contributed by atoms with E-state index in [0.29, 0.717) is 31.1 Å². The lowest BCUT2D eigenvalue weighted by molar-refractivity contribution is -0.130. The van der Waals surface area contributed by atoms with Crippen LogP contribution >= 0.6 is 11.3 Å². The van der Waals surface area contributed by atoms with Crippen LogP contribution in [-0.2, 0) is 9.59 Å². The Balaban J connectivity index is 1.31. The number of nitrogens with one attached hydrogen (secondary N) is 1. The molecule has 1 saturated heterocycles. The van der Waals surface area contributed by atoms with Gasteiger partial charge in [-0.1, -0.05) is 41.7 Å². The molecule has 4 rings (SSSR count). The molecular formula is C23H23N3O3S. The Bertz CT molecular complexity index is 1070. The van der Waals surface area contributed by atoms with Crippen LogP contribution in [0.25, 0.3) is 16.3 Å². The quantitative estimate of drug-likeness (QED) is 0.627. The Morgan fingerprint density at radius 2 is 1.93 bits per heavy atom. The van der Waals surface area contributed by atoms with Gasteiger partial charge >= 0.3 is 0 Å². The van der Waals surface area contributed by atoms with Gasteiger partial charge in [-0.05, 0) is 42.7 Å². The van der Waals surface area contributed by atoms with Crippen LogP contribution in [0, 0.1) is 5.92 Å². The predicted octanol–water partition coefficient (Wildman–Crippen LogP) is 4.20. The Labute approximate surface area is 179 Å². The zero-order valence-corrected chi connectivity index (χ0v) is 17.5. The molecule has 7 heteroatoms. The number of thiazole rings is 1. The lowest BCUT2D eigenvalue weighted by Crippen LogP contribution is -2.40. The standard InChI is InChI=1S/C23H23N3O3S/c1-29-18-8-9-19-20(15-18)30-23(24-19)25-22(28)17-11-13-26(14-12-17)21(27)10-7-16-5-3-2-4-6-16/h2-10,15,17H,11-14H2,1H3,(H,24,25,28)/b10-7+. The number of anilines is 1. The van der Waals surface area contributed by atoms with E-state index in [0.717, 1.165) is 21.5 Å². The number of hydrogen-bond donors (Lipinski definition) is 1. The van der Waals surface area contributed by atoms with Crippen molar-refractivity contribution in [1.29, 1.82) is 0 Å². The minimum Gasteiger partial charge on any atom is -0.497 e. The minimum absolute atomic E-state index is 0.0159. The van der Waals surface area contributed by atoms with Gasteiger partial charge in [-0.3, -0.25) is 9.59 Å². The number of likely N-dealkylation sites (tertiary alicyclic amines) is 1. The van der Waals surface area contributed by atoms with Crippen LogP contribution in [-0.4, -0.2) is 41.9 Å². The van der Waals surface area contributed by atoms with Crippen molar-refractivity contribution in [2.45, 2.75) is 12.8 Å². The van der Waals surface area contributed by atoms with Crippen molar-refractivity contribution in [1.82, 2.24) is 9.88 Å². The van der Waals surface area contributed by atoms with Crippen LogP contribution in [0.5, 0.6) is 5.75 Å². The zero-order chi connectivity index (χ0) is 20.9. The van der Waals surface area contributed by atoms with Crippen molar-refractivity contribution < 1.29 is 14.3 Å². The average Bonchev–Trinajstić information content (AvgIpc) is 3.19. The van der Waals surface area contributed by atoms with Crippen molar-refractivity contribution in [3.63, 3.8) is 0 Å². The zero-order valence-electron chi connectivity index (χ0n) is 16.7. The molecule has 0 radical (unpaired) electrons. The van der Waals surface area contributed by atoms with Crippen LogP contribution in [0.3, 0.4) is 0 Å². The molecule has 0 saturated carbocycles. The number of amides is 2. The number of rotatable bonds is 5. The molecule has 2 heterocycles. The first-order valence-corrected chi connectivity index (χ1v) is 10.7. The summed E-state index contributed by atoms with van der Waals surface area (Å²) >= 11 is 1.43. The maximum Gasteiger partial charge on any atom is 0.246 e. The smallest absolute Gasteiger partial charge is 0.246 e. The van der Waals surface area contributed by atoms with Crippen molar-refractivity contribution >= 4 is 44.6 Å². The normalized spacial score (nSPS) is 14.9. The predicted molar refractivity (Wildman–Crippen MR) is 120 cm³/mol. The summed E-state index contributed by atoms with van der Waals surface area (Å²) in [7, 11) is 1.62. The number of ether oxygens (including phenoxy) is 1. The summed E-state index contributed by atoms with van der Waals surface area (Å²) < 4.78 is 6.20. The van der Waals surface area contributed by atoms with Crippen LogP contribution in [0.1, 0.15) is 18.4 Å². The third-order valence-corrected chi connectivity index (χ3v) is 6.15. The molecule has 1 fully saturated rings. The number of aromatic nitrogens is 1. The number of carbonyl (C=O) groups is 2. The molecular weight excluding hydrogens is 398 g/mol. The van der Waals surface area contributed by atoms with Crippen LogP contribution < -0.4 is 10.1 Å². The van der Waals surface area contributed by atoms with E-state index in [1.807, 2.05) is 54.6 Å². The Hall–Kier alpha value is -3.19. The van der Waals surface area contributed by atoms with Gasteiger partial charge in [0, 0.05) is 25.1 Å².